The Kier molecular flexibility index (Phi) is 7.52. The van der Waals surface area contributed by atoms with E-state index in [-0.39, 0.29) is 37.2 Å². The number of nitrogens with zero attached hydrogens (tertiary/aromatic N) is 1. The fraction of sp³-hybridized carbons (Fsp3) is 0.562. The molecule has 0 spiro atoms. The number of nitrogens with two attached hydrogens (primary N) is 1. The van der Waals surface area contributed by atoms with Gasteiger partial charge in [-0.1, -0.05) is 12.1 Å². The molecule has 1 aliphatic rings. The van der Waals surface area contributed by atoms with Crippen molar-refractivity contribution in [1.29, 1.82) is 0 Å². The van der Waals surface area contributed by atoms with Crippen LogP contribution in [0.25, 0.3) is 0 Å². The number of alkyl halides is 3. The molecular formula is C16H22ClF3N2O3. The minimum Gasteiger partial charge on any atom is -0.406 e. The molecule has 1 amide bonds. The molecule has 1 aromatic carbocycles. The second kappa shape index (κ2) is 8.73. The Bertz CT molecular complexity index is 578. The summed E-state index contributed by atoms with van der Waals surface area (Å²) >= 11 is 0. The zero-order chi connectivity index (χ0) is 17.8. The van der Waals surface area contributed by atoms with Gasteiger partial charge < -0.3 is 20.1 Å². The summed E-state index contributed by atoms with van der Waals surface area (Å²) in [6, 6.07) is 5.60. The highest BCUT2D eigenvalue weighted by atomic mass is 35.5. The first-order chi connectivity index (χ1) is 11.3. The Morgan fingerprint density at radius 1 is 1.36 bits per heavy atom. The maximum atomic E-state index is 12.7. The normalized spacial score (nSPS) is 16.7. The minimum absolute atomic E-state index is 0. The standard InChI is InChI=1S/C16H21F3N2O3.ClH/c1-21(14(22)15(11-20)5-7-23-8-6-15)10-12-3-2-4-13(9-12)24-16(17,18)19;/h2-4,9H,5-8,10-11,20H2,1H3;1H. The van der Waals surface area contributed by atoms with Gasteiger partial charge in [-0.05, 0) is 30.5 Å². The van der Waals surface area contributed by atoms with Crippen molar-refractivity contribution >= 4 is 18.3 Å². The minimum atomic E-state index is -4.74. The fourth-order valence-corrected chi connectivity index (χ4v) is 2.86. The maximum Gasteiger partial charge on any atom is 0.573 e. The molecule has 0 saturated carbocycles. The Labute approximate surface area is 150 Å². The molecule has 1 saturated heterocycles. The smallest absolute Gasteiger partial charge is 0.406 e. The van der Waals surface area contributed by atoms with Gasteiger partial charge in [-0.25, -0.2) is 0 Å². The number of ether oxygens (including phenoxy) is 2. The first-order valence-corrected chi connectivity index (χ1v) is 7.64. The second-order valence-corrected chi connectivity index (χ2v) is 5.95. The molecule has 1 aromatic rings. The third-order valence-electron chi connectivity index (χ3n) is 4.19. The molecule has 2 N–H and O–H groups in total. The first kappa shape index (κ1) is 21.5. The van der Waals surface area contributed by atoms with E-state index in [2.05, 4.69) is 4.74 Å². The molecular weight excluding hydrogens is 361 g/mol. The highest BCUT2D eigenvalue weighted by Crippen LogP contribution is 2.32. The number of halogens is 4. The lowest BCUT2D eigenvalue weighted by molar-refractivity contribution is -0.274. The average Bonchev–Trinajstić information content (AvgIpc) is 2.53. The predicted molar refractivity (Wildman–Crippen MR) is 88.4 cm³/mol. The molecule has 1 aliphatic heterocycles. The summed E-state index contributed by atoms with van der Waals surface area (Å²) in [5.74, 6) is -0.420. The van der Waals surface area contributed by atoms with Gasteiger partial charge in [-0.3, -0.25) is 4.79 Å². The first-order valence-electron chi connectivity index (χ1n) is 7.64. The summed E-state index contributed by atoms with van der Waals surface area (Å²) in [6.07, 6.45) is -3.65. The van der Waals surface area contributed by atoms with Crippen LogP contribution >= 0.6 is 12.4 Å². The van der Waals surface area contributed by atoms with Gasteiger partial charge in [0.05, 0.1) is 5.41 Å². The van der Waals surface area contributed by atoms with Crippen LogP contribution in [-0.4, -0.2) is 44.0 Å². The lowest BCUT2D eigenvalue weighted by Crippen LogP contribution is -2.49. The molecule has 0 atom stereocenters. The maximum absolute atomic E-state index is 12.7. The van der Waals surface area contributed by atoms with Crippen molar-refractivity contribution in [2.75, 3.05) is 26.8 Å². The van der Waals surface area contributed by atoms with Crippen molar-refractivity contribution in [3.05, 3.63) is 29.8 Å². The van der Waals surface area contributed by atoms with Crippen LogP contribution < -0.4 is 10.5 Å². The molecule has 0 aliphatic carbocycles. The Morgan fingerprint density at radius 2 is 2.00 bits per heavy atom. The van der Waals surface area contributed by atoms with Gasteiger partial charge in [0.25, 0.3) is 0 Å². The molecule has 1 heterocycles. The zero-order valence-electron chi connectivity index (χ0n) is 13.8. The number of rotatable bonds is 5. The van der Waals surface area contributed by atoms with Crippen molar-refractivity contribution in [2.45, 2.75) is 25.7 Å². The molecule has 0 radical (unpaired) electrons. The number of benzene rings is 1. The van der Waals surface area contributed by atoms with Crippen LogP contribution in [0.1, 0.15) is 18.4 Å². The number of carbonyl (C=O) groups excluding carboxylic acids is 1. The van der Waals surface area contributed by atoms with Crippen molar-refractivity contribution < 1.29 is 27.4 Å². The van der Waals surface area contributed by atoms with Gasteiger partial charge in [0.2, 0.25) is 5.91 Å². The number of amides is 1. The van der Waals surface area contributed by atoms with Gasteiger partial charge >= 0.3 is 6.36 Å². The van der Waals surface area contributed by atoms with Crippen molar-refractivity contribution in [2.24, 2.45) is 11.1 Å². The lowest BCUT2D eigenvalue weighted by atomic mass is 9.79. The van der Waals surface area contributed by atoms with E-state index in [0.29, 0.717) is 31.6 Å². The summed E-state index contributed by atoms with van der Waals surface area (Å²) in [5.41, 5.74) is 5.70. The molecule has 142 valence electrons. The van der Waals surface area contributed by atoms with E-state index in [4.69, 9.17) is 10.5 Å². The predicted octanol–water partition coefficient (Wildman–Crippen LogP) is 2.72. The van der Waals surface area contributed by atoms with Crippen LogP contribution in [0, 0.1) is 5.41 Å². The quantitative estimate of drug-likeness (QED) is 0.850. The van der Waals surface area contributed by atoms with Gasteiger partial charge in [-0.2, -0.15) is 0 Å². The van der Waals surface area contributed by atoms with E-state index >= 15 is 0 Å². The van der Waals surface area contributed by atoms with E-state index in [1.54, 1.807) is 13.1 Å². The number of hydrogen-bond donors (Lipinski definition) is 1. The van der Waals surface area contributed by atoms with Crippen LogP contribution in [0.4, 0.5) is 13.2 Å². The molecule has 25 heavy (non-hydrogen) atoms. The third kappa shape index (κ3) is 5.76. The Balaban J connectivity index is 0.00000312. The van der Waals surface area contributed by atoms with E-state index in [0.717, 1.165) is 0 Å². The van der Waals surface area contributed by atoms with Crippen LogP contribution in [0.5, 0.6) is 5.75 Å². The van der Waals surface area contributed by atoms with Gasteiger partial charge in [0.15, 0.2) is 0 Å². The highest BCUT2D eigenvalue weighted by molar-refractivity contribution is 5.85. The zero-order valence-corrected chi connectivity index (χ0v) is 14.7. The molecule has 0 unspecified atom stereocenters. The van der Waals surface area contributed by atoms with Crippen molar-refractivity contribution in [3.63, 3.8) is 0 Å². The molecule has 0 bridgehead atoms. The molecule has 2 rings (SSSR count). The second-order valence-electron chi connectivity index (χ2n) is 5.95. The fourth-order valence-electron chi connectivity index (χ4n) is 2.86. The summed E-state index contributed by atoms with van der Waals surface area (Å²) in [7, 11) is 1.62. The van der Waals surface area contributed by atoms with Gasteiger partial charge in [-0.15, -0.1) is 25.6 Å². The van der Waals surface area contributed by atoms with Crippen LogP contribution in [0.3, 0.4) is 0 Å². The van der Waals surface area contributed by atoms with Crippen LogP contribution in [-0.2, 0) is 16.1 Å². The molecule has 5 nitrogen and oxygen atoms in total. The highest BCUT2D eigenvalue weighted by Gasteiger charge is 2.40. The SMILES string of the molecule is CN(Cc1cccc(OC(F)(F)F)c1)C(=O)C1(CN)CCOCC1.Cl. The summed E-state index contributed by atoms with van der Waals surface area (Å²) in [6.45, 7) is 1.35. The van der Waals surface area contributed by atoms with E-state index in [9.17, 15) is 18.0 Å². The summed E-state index contributed by atoms with van der Waals surface area (Å²) in [4.78, 5) is 14.2. The van der Waals surface area contributed by atoms with Crippen molar-refractivity contribution in [3.8, 4) is 5.75 Å². The molecule has 1 fully saturated rings. The van der Waals surface area contributed by atoms with Crippen molar-refractivity contribution in [1.82, 2.24) is 4.90 Å². The van der Waals surface area contributed by atoms with Crippen LogP contribution in [0.15, 0.2) is 24.3 Å². The molecule has 9 heteroatoms. The summed E-state index contributed by atoms with van der Waals surface area (Å²) < 4.78 is 46.1. The van der Waals surface area contributed by atoms with Gasteiger partial charge in [0, 0.05) is 33.4 Å². The number of hydrogen-bond acceptors (Lipinski definition) is 4. The topological polar surface area (TPSA) is 64.8 Å². The average molecular weight is 383 g/mol. The lowest BCUT2D eigenvalue weighted by Gasteiger charge is -2.37. The third-order valence-corrected chi connectivity index (χ3v) is 4.19. The van der Waals surface area contributed by atoms with E-state index in [1.807, 2.05) is 0 Å². The van der Waals surface area contributed by atoms with E-state index < -0.39 is 11.8 Å². The summed E-state index contributed by atoms with van der Waals surface area (Å²) in [5, 5.41) is 0. The largest absolute Gasteiger partial charge is 0.573 e. The monoisotopic (exact) mass is 382 g/mol. The Morgan fingerprint density at radius 3 is 2.56 bits per heavy atom. The van der Waals surface area contributed by atoms with Gasteiger partial charge in [0.1, 0.15) is 5.75 Å². The van der Waals surface area contributed by atoms with E-state index in [1.165, 1.54) is 23.1 Å². The molecule has 0 aromatic heterocycles. The number of carbonyl (C=O) groups is 1. The Hall–Kier alpha value is -1.51. The van der Waals surface area contributed by atoms with Crippen LogP contribution in [0.2, 0.25) is 0 Å².